The molecule has 0 saturated carbocycles. The molecule has 0 radical (unpaired) electrons. The van der Waals surface area contributed by atoms with Gasteiger partial charge in [0.2, 0.25) is 0 Å². The van der Waals surface area contributed by atoms with Crippen LogP contribution in [0.25, 0.3) is 0 Å². The van der Waals surface area contributed by atoms with Gasteiger partial charge in [0, 0.05) is 7.05 Å². The number of fused-ring (bicyclic) bond motifs is 1. The van der Waals surface area contributed by atoms with Crippen molar-refractivity contribution in [2.75, 3.05) is 19.1 Å². The van der Waals surface area contributed by atoms with Crippen molar-refractivity contribution < 1.29 is 18.8 Å². The average molecular weight is 393 g/mol. The lowest BCUT2D eigenvalue weighted by Crippen LogP contribution is -2.44. The first-order chi connectivity index (χ1) is 14.0. The summed E-state index contributed by atoms with van der Waals surface area (Å²) in [6.45, 7) is 4.08. The molecule has 0 unspecified atom stereocenters. The van der Waals surface area contributed by atoms with Crippen LogP contribution >= 0.6 is 0 Å². The van der Waals surface area contributed by atoms with E-state index in [1.165, 1.54) is 0 Å². The minimum atomic E-state index is -0.303. The second-order valence-corrected chi connectivity index (χ2v) is 7.01. The molecule has 0 aliphatic carbocycles. The van der Waals surface area contributed by atoms with Crippen molar-refractivity contribution in [1.82, 2.24) is 10.5 Å². The molecule has 2 heterocycles. The van der Waals surface area contributed by atoms with Crippen molar-refractivity contribution in [2.24, 2.45) is 0 Å². The number of amides is 1. The number of ether oxygens (including phenoxy) is 2. The molecule has 29 heavy (non-hydrogen) atoms. The molecular formula is C22H23N3O4. The minimum Gasteiger partial charge on any atom is -0.493 e. The molecule has 3 aromatic rings. The maximum atomic E-state index is 12.5. The lowest BCUT2D eigenvalue weighted by Gasteiger charge is -2.36. The first-order valence-corrected chi connectivity index (χ1v) is 9.34. The van der Waals surface area contributed by atoms with Gasteiger partial charge in [-0.15, -0.1) is 0 Å². The van der Waals surface area contributed by atoms with Crippen LogP contribution in [0.5, 0.6) is 11.5 Å². The van der Waals surface area contributed by atoms with Crippen LogP contribution in [0.4, 0.5) is 5.69 Å². The predicted molar refractivity (Wildman–Crippen MR) is 108 cm³/mol. The summed E-state index contributed by atoms with van der Waals surface area (Å²) in [4.78, 5) is 14.6. The fourth-order valence-corrected chi connectivity index (χ4v) is 3.55. The summed E-state index contributed by atoms with van der Waals surface area (Å²) in [5, 5.41) is 7.00. The Labute approximate surface area is 169 Å². The monoisotopic (exact) mass is 393 g/mol. The summed E-state index contributed by atoms with van der Waals surface area (Å²) in [6, 6.07) is 13.2. The van der Waals surface area contributed by atoms with Gasteiger partial charge in [-0.25, -0.2) is 0 Å². The van der Waals surface area contributed by atoms with E-state index >= 15 is 0 Å². The number of para-hydroxylation sites is 1. The zero-order chi connectivity index (χ0) is 20.5. The van der Waals surface area contributed by atoms with Crippen molar-refractivity contribution >= 4 is 11.6 Å². The molecule has 1 atom stereocenters. The van der Waals surface area contributed by atoms with E-state index in [9.17, 15) is 4.79 Å². The first kappa shape index (κ1) is 18.9. The van der Waals surface area contributed by atoms with E-state index in [4.69, 9.17) is 14.0 Å². The van der Waals surface area contributed by atoms with E-state index in [1.54, 1.807) is 7.11 Å². The number of nitrogens with one attached hydrogen (secondary N) is 1. The number of hydrogen-bond acceptors (Lipinski definition) is 6. The lowest BCUT2D eigenvalue weighted by molar-refractivity contribution is 0.0928. The number of benzene rings is 2. The molecule has 2 aromatic carbocycles. The molecule has 0 fully saturated rings. The summed E-state index contributed by atoms with van der Waals surface area (Å²) in [6.07, 6.45) is -0.303. The number of aromatic nitrogens is 1. The lowest BCUT2D eigenvalue weighted by atomic mass is 10.0. The SMILES string of the molecule is COc1cc([C@H]2NC(=O)c3ccccc3N2C)ccc1OCc1c(C)noc1C. The Balaban J connectivity index is 1.59. The third kappa shape index (κ3) is 3.40. The molecule has 7 nitrogen and oxygen atoms in total. The Bertz CT molecular complexity index is 1040. The van der Waals surface area contributed by atoms with Crippen molar-refractivity contribution in [3.8, 4) is 11.5 Å². The number of methoxy groups -OCH3 is 1. The van der Waals surface area contributed by atoms with Gasteiger partial charge in [-0.3, -0.25) is 4.79 Å². The number of carbonyl (C=O) groups excluding carboxylic acids is 1. The maximum absolute atomic E-state index is 12.5. The summed E-state index contributed by atoms with van der Waals surface area (Å²) in [5.41, 5.74) is 4.18. The topological polar surface area (TPSA) is 76.8 Å². The Morgan fingerprint density at radius 2 is 1.97 bits per heavy atom. The zero-order valence-electron chi connectivity index (χ0n) is 16.9. The Hall–Kier alpha value is -3.48. The number of anilines is 1. The molecule has 1 aliphatic rings. The summed E-state index contributed by atoms with van der Waals surface area (Å²) < 4.78 is 16.7. The molecular weight excluding hydrogens is 370 g/mol. The zero-order valence-corrected chi connectivity index (χ0v) is 16.9. The van der Waals surface area contributed by atoms with Crippen LogP contribution in [0, 0.1) is 13.8 Å². The molecule has 0 saturated heterocycles. The van der Waals surface area contributed by atoms with Gasteiger partial charge in [0.15, 0.2) is 11.5 Å². The van der Waals surface area contributed by atoms with Gasteiger partial charge in [0.25, 0.3) is 5.91 Å². The molecule has 0 spiro atoms. The van der Waals surface area contributed by atoms with Gasteiger partial charge in [-0.1, -0.05) is 23.4 Å². The van der Waals surface area contributed by atoms with Gasteiger partial charge in [-0.2, -0.15) is 0 Å². The third-order valence-electron chi connectivity index (χ3n) is 5.24. The quantitative estimate of drug-likeness (QED) is 0.711. The molecule has 0 bridgehead atoms. The standard InChI is InChI=1S/C22H23N3O4/c1-13-17(14(2)29-24-13)12-28-19-10-9-15(11-20(19)27-4)21-23-22(26)16-7-5-6-8-18(16)25(21)3/h5-11,21H,12H2,1-4H3,(H,23,26)/t21-/m0/s1. The van der Waals surface area contributed by atoms with E-state index in [0.717, 1.165) is 28.3 Å². The molecule has 7 heteroatoms. The van der Waals surface area contributed by atoms with Crippen LogP contribution in [0.2, 0.25) is 0 Å². The molecule has 1 N–H and O–H groups in total. The van der Waals surface area contributed by atoms with Crippen molar-refractivity contribution in [3.63, 3.8) is 0 Å². The Morgan fingerprint density at radius 1 is 1.17 bits per heavy atom. The summed E-state index contributed by atoms with van der Waals surface area (Å²) in [7, 11) is 3.55. The number of carbonyl (C=O) groups is 1. The van der Waals surface area contributed by atoms with Crippen LogP contribution in [0.15, 0.2) is 47.0 Å². The van der Waals surface area contributed by atoms with Crippen molar-refractivity contribution in [2.45, 2.75) is 26.6 Å². The normalized spacial score (nSPS) is 15.7. The van der Waals surface area contributed by atoms with Crippen LogP contribution in [-0.4, -0.2) is 25.2 Å². The van der Waals surface area contributed by atoms with Crippen molar-refractivity contribution in [1.29, 1.82) is 0 Å². The van der Waals surface area contributed by atoms with Gasteiger partial charge in [0.1, 0.15) is 18.5 Å². The van der Waals surface area contributed by atoms with E-state index < -0.39 is 0 Å². The fourth-order valence-electron chi connectivity index (χ4n) is 3.55. The minimum absolute atomic E-state index is 0.0959. The largest absolute Gasteiger partial charge is 0.493 e. The van der Waals surface area contributed by atoms with E-state index in [1.807, 2.05) is 68.3 Å². The maximum Gasteiger partial charge on any atom is 0.255 e. The Morgan fingerprint density at radius 3 is 2.69 bits per heavy atom. The van der Waals surface area contributed by atoms with Crippen LogP contribution < -0.4 is 19.7 Å². The second-order valence-electron chi connectivity index (χ2n) is 7.01. The van der Waals surface area contributed by atoms with Crippen LogP contribution in [0.1, 0.15) is 39.1 Å². The molecule has 4 rings (SSSR count). The number of rotatable bonds is 5. The number of aryl methyl sites for hydroxylation is 2. The smallest absolute Gasteiger partial charge is 0.255 e. The van der Waals surface area contributed by atoms with Gasteiger partial charge < -0.3 is 24.2 Å². The van der Waals surface area contributed by atoms with E-state index in [2.05, 4.69) is 10.5 Å². The second kappa shape index (κ2) is 7.50. The molecule has 1 aliphatic heterocycles. The summed E-state index contributed by atoms with van der Waals surface area (Å²) in [5.74, 6) is 1.85. The highest BCUT2D eigenvalue weighted by molar-refractivity contribution is 6.02. The molecule has 1 aromatic heterocycles. The van der Waals surface area contributed by atoms with Gasteiger partial charge in [0.05, 0.1) is 29.6 Å². The van der Waals surface area contributed by atoms with Gasteiger partial charge in [-0.05, 0) is 43.7 Å². The van der Waals surface area contributed by atoms with Crippen LogP contribution in [-0.2, 0) is 6.61 Å². The predicted octanol–water partition coefficient (Wildman–Crippen LogP) is 3.76. The van der Waals surface area contributed by atoms with E-state index in [-0.39, 0.29) is 12.1 Å². The third-order valence-corrected chi connectivity index (χ3v) is 5.24. The highest BCUT2D eigenvalue weighted by Gasteiger charge is 2.29. The molecule has 1 amide bonds. The van der Waals surface area contributed by atoms with Gasteiger partial charge >= 0.3 is 0 Å². The summed E-state index contributed by atoms with van der Waals surface area (Å²) >= 11 is 0. The fraction of sp³-hybridized carbons (Fsp3) is 0.273. The average Bonchev–Trinajstić information content (AvgIpc) is 3.06. The first-order valence-electron chi connectivity index (χ1n) is 9.34. The Kier molecular flexibility index (Phi) is 4.88. The van der Waals surface area contributed by atoms with Crippen LogP contribution in [0.3, 0.4) is 0 Å². The number of hydrogen-bond donors (Lipinski definition) is 1. The molecule has 150 valence electrons. The van der Waals surface area contributed by atoms with E-state index in [0.29, 0.717) is 23.7 Å². The highest BCUT2D eigenvalue weighted by Crippen LogP contribution is 2.36. The van der Waals surface area contributed by atoms with Crippen molar-refractivity contribution in [3.05, 3.63) is 70.6 Å². The highest BCUT2D eigenvalue weighted by atomic mass is 16.5. The number of nitrogens with zero attached hydrogens (tertiary/aromatic N) is 2.